The van der Waals surface area contributed by atoms with Crippen molar-refractivity contribution in [2.45, 2.75) is 5.60 Å². The van der Waals surface area contributed by atoms with Crippen molar-refractivity contribution in [1.82, 2.24) is 4.98 Å². The molecule has 4 aromatic rings. The molecule has 3 aromatic carbocycles. The maximum Gasteiger partial charge on any atom is 0.192 e. The molecule has 0 saturated carbocycles. The van der Waals surface area contributed by atoms with Crippen LogP contribution >= 0.6 is 0 Å². The van der Waals surface area contributed by atoms with Gasteiger partial charge in [0.05, 0.1) is 5.69 Å². The number of para-hydroxylation sites is 1. The van der Waals surface area contributed by atoms with Gasteiger partial charge in [0.2, 0.25) is 0 Å². The number of aliphatic hydroxyl groups is 1. The summed E-state index contributed by atoms with van der Waals surface area (Å²) in [5.41, 5.74) is 1.85. The highest BCUT2D eigenvalue weighted by Gasteiger charge is 2.31. The Labute approximate surface area is 146 Å². The van der Waals surface area contributed by atoms with E-state index < -0.39 is 5.60 Å². The average Bonchev–Trinajstić information content (AvgIpc) is 3.12. The summed E-state index contributed by atoms with van der Waals surface area (Å²) in [5.74, 6) is 6.19. The largest absolute Gasteiger partial charge is 0.368 e. The Kier molecular flexibility index (Phi) is 3.85. The van der Waals surface area contributed by atoms with E-state index in [9.17, 15) is 5.11 Å². The zero-order chi connectivity index (χ0) is 17.1. The summed E-state index contributed by atoms with van der Waals surface area (Å²) < 4.78 is 0. The fourth-order valence-electron chi connectivity index (χ4n) is 2.93. The molecule has 1 heterocycles. The van der Waals surface area contributed by atoms with Gasteiger partial charge in [0, 0.05) is 16.6 Å². The maximum absolute atomic E-state index is 11.5. The molecular weight excluding hydrogens is 306 g/mol. The number of nitrogens with one attached hydrogen (secondary N) is 1. The van der Waals surface area contributed by atoms with Gasteiger partial charge >= 0.3 is 0 Å². The standard InChI is InChI=1S/C23H17NO/c25-23(20-12-5-2-6-13-20,16-15-18-9-3-1-4-10-18)22-17-19-11-7-8-14-21(19)24-22/h1-14,17,24-25H. The molecule has 1 aromatic heterocycles. The van der Waals surface area contributed by atoms with Crippen LogP contribution in [0.15, 0.2) is 91.0 Å². The molecule has 2 heteroatoms. The van der Waals surface area contributed by atoms with Gasteiger partial charge in [-0.2, -0.15) is 0 Å². The highest BCUT2D eigenvalue weighted by molar-refractivity contribution is 5.81. The summed E-state index contributed by atoms with van der Waals surface area (Å²) in [5, 5.41) is 12.6. The Hall–Kier alpha value is -3.28. The number of aromatic nitrogens is 1. The minimum Gasteiger partial charge on any atom is -0.368 e. The van der Waals surface area contributed by atoms with Crippen LogP contribution in [-0.2, 0) is 5.60 Å². The summed E-state index contributed by atoms with van der Waals surface area (Å²) in [7, 11) is 0. The maximum atomic E-state index is 11.5. The highest BCUT2D eigenvalue weighted by atomic mass is 16.3. The van der Waals surface area contributed by atoms with E-state index in [1.165, 1.54) is 0 Å². The van der Waals surface area contributed by atoms with Crippen LogP contribution in [0.1, 0.15) is 16.8 Å². The van der Waals surface area contributed by atoms with Crippen LogP contribution in [0.2, 0.25) is 0 Å². The van der Waals surface area contributed by atoms with Crippen molar-refractivity contribution < 1.29 is 5.11 Å². The van der Waals surface area contributed by atoms with E-state index in [2.05, 4.69) is 16.8 Å². The molecule has 4 rings (SSSR count). The molecule has 0 saturated heterocycles. The smallest absolute Gasteiger partial charge is 0.192 e. The van der Waals surface area contributed by atoms with E-state index in [4.69, 9.17) is 0 Å². The number of hydrogen-bond acceptors (Lipinski definition) is 1. The third kappa shape index (κ3) is 2.94. The van der Waals surface area contributed by atoms with Gasteiger partial charge in [0.25, 0.3) is 0 Å². The molecule has 0 amide bonds. The molecular formula is C23H17NO. The number of benzene rings is 3. The van der Waals surface area contributed by atoms with E-state index in [1.807, 2.05) is 91.0 Å². The molecule has 1 unspecified atom stereocenters. The molecule has 0 radical (unpaired) electrons. The first-order valence-electron chi connectivity index (χ1n) is 8.20. The molecule has 2 nitrogen and oxygen atoms in total. The minimum atomic E-state index is -1.41. The first-order valence-corrected chi connectivity index (χ1v) is 8.20. The van der Waals surface area contributed by atoms with Crippen LogP contribution in [0.4, 0.5) is 0 Å². The van der Waals surface area contributed by atoms with Gasteiger partial charge in [0.15, 0.2) is 5.60 Å². The SMILES string of the molecule is OC(C#Cc1ccccc1)(c1ccccc1)c1cc2ccccc2[nH]1. The molecule has 0 spiro atoms. The molecule has 0 bridgehead atoms. The number of fused-ring (bicyclic) bond motifs is 1. The third-order valence-corrected chi connectivity index (χ3v) is 4.27. The normalized spacial score (nSPS) is 13.0. The molecule has 0 aliphatic heterocycles. The van der Waals surface area contributed by atoms with Crippen molar-refractivity contribution in [3.05, 3.63) is 108 Å². The van der Waals surface area contributed by atoms with E-state index in [1.54, 1.807) is 0 Å². The fraction of sp³-hybridized carbons (Fsp3) is 0.0435. The van der Waals surface area contributed by atoms with Crippen LogP contribution in [0, 0.1) is 11.8 Å². The molecule has 0 aliphatic rings. The first-order chi connectivity index (χ1) is 12.3. The van der Waals surface area contributed by atoms with Gasteiger partial charge in [-0.15, -0.1) is 0 Å². The lowest BCUT2D eigenvalue weighted by Crippen LogP contribution is -2.25. The predicted octanol–water partition coefficient (Wildman–Crippen LogP) is 4.46. The van der Waals surface area contributed by atoms with Crippen molar-refractivity contribution >= 4 is 10.9 Å². The molecule has 0 aliphatic carbocycles. The Bertz CT molecular complexity index is 1020. The van der Waals surface area contributed by atoms with Crippen LogP contribution in [0.5, 0.6) is 0 Å². The lowest BCUT2D eigenvalue weighted by atomic mass is 9.90. The fourth-order valence-corrected chi connectivity index (χ4v) is 2.93. The predicted molar refractivity (Wildman–Crippen MR) is 101 cm³/mol. The molecule has 2 N–H and O–H groups in total. The van der Waals surface area contributed by atoms with E-state index in [-0.39, 0.29) is 0 Å². The van der Waals surface area contributed by atoms with Crippen molar-refractivity contribution in [2.24, 2.45) is 0 Å². The summed E-state index contributed by atoms with van der Waals surface area (Å²) in [6.45, 7) is 0. The van der Waals surface area contributed by atoms with E-state index >= 15 is 0 Å². The second-order valence-electron chi connectivity index (χ2n) is 5.96. The quantitative estimate of drug-likeness (QED) is 0.525. The Morgan fingerprint density at radius 2 is 1.40 bits per heavy atom. The Morgan fingerprint density at radius 3 is 2.12 bits per heavy atom. The van der Waals surface area contributed by atoms with E-state index in [0.717, 1.165) is 22.0 Å². The zero-order valence-corrected chi connectivity index (χ0v) is 13.6. The number of hydrogen-bond donors (Lipinski definition) is 2. The monoisotopic (exact) mass is 323 g/mol. The van der Waals surface area contributed by atoms with Crippen LogP contribution in [0.3, 0.4) is 0 Å². The van der Waals surface area contributed by atoms with Crippen LogP contribution < -0.4 is 0 Å². The Morgan fingerprint density at radius 1 is 0.760 bits per heavy atom. The molecule has 0 fully saturated rings. The highest BCUT2D eigenvalue weighted by Crippen LogP contribution is 2.31. The van der Waals surface area contributed by atoms with Gasteiger partial charge in [0.1, 0.15) is 0 Å². The van der Waals surface area contributed by atoms with Crippen molar-refractivity contribution in [3.63, 3.8) is 0 Å². The summed E-state index contributed by atoms with van der Waals surface area (Å²) in [4.78, 5) is 3.32. The second kappa shape index (κ2) is 6.32. The average molecular weight is 323 g/mol. The lowest BCUT2D eigenvalue weighted by Gasteiger charge is -2.21. The van der Waals surface area contributed by atoms with Gasteiger partial charge in [-0.05, 0) is 29.7 Å². The first kappa shape index (κ1) is 15.3. The van der Waals surface area contributed by atoms with Gasteiger partial charge in [-0.1, -0.05) is 78.6 Å². The lowest BCUT2D eigenvalue weighted by molar-refractivity contribution is 0.141. The summed E-state index contributed by atoms with van der Waals surface area (Å²) in [6, 6.07) is 29.2. The third-order valence-electron chi connectivity index (χ3n) is 4.27. The zero-order valence-electron chi connectivity index (χ0n) is 13.6. The van der Waals surface area contributed by atoms with Crippen molar-refractivity contribution in [1.29, 1.82) is 0 Å². The van der Waals surface area contributed by atoms with Gasteiger partial charge in [-0.25, -0.2) is 0 Å². The summed E-state index contributed by atoms with van der Waals surface area (Å²) >= 11 is 0. The number of H-pyrrole nitrogens is 1. The number of rotatable bonds is 2. The molecule has 25 heavy (non-hydrogen) atoms. The number of aromatic amines is 1. The minimum absolute atomic E-state index is 0.670. The van der Waals surface area contributed by atoms with Crippen LogP contribution in [0.25, 0.3) is 10.9 Å². The summed E-state index contributed by atoms with van der Waals surface area (Å²) in [6.07, 6.45) is 0. The van der Waals surface area contributed by atoms with Gasteiger partial charge < -0.3 is 10.1 Å². The van der Waals surface area contributed by atoms with Crippen molar-refractivity contribution in [3.8, 4) is 11.8 Å². The van der Waals surface area contributed by atoms with Crippen molar-refractivity contribution in [2.75, 3.05) is 0 Å². The molecule has 120 valence electrons. The van der Waals surface area contributed by atoms with E-state index in [0.29, 0.717) is 5.69 Å². The topological polar surface area (TPSA) is 36.0 Å². The second-order valence-corrected chi connectivity index (χ2v) is 5.96. The Balaban J connectivity index is 1.88. The van der Waals surface area contributed by atoms with Crippen LogP contribution in [-0.4, -0.2) is 10.1 Å². The molecule has 1 atom stereocenters. The van der Waals surface area contributed by atoms with Gasteiger partial charge in [-0.3, -0.25) is 0 Å².